The van der Waals surface area contributed by atoms with Crippen LogP contribution < -0.4 is 10.6 Å². The van der Waals surface area contributed by atoms with Gasteiger partial charge < -0.3 is 31.1 Å². The number of nitrogens with one attached hydrogen (secondary N) is 2. The molecule has 0 spiro atoms. The third kappa shape index (κ3) is 12.9. The number of amides is 2. The maximum absolute atomic E-state index is 13.1. The van der Waals surface area contributed by atoms with E-state index in [0.717, 1.165) is 77.0 Å². The molecule has 14 heteroatoms. The molecule has 2 amide bonds. The van der Waals surface area contributed by atoms with E-state index in [1.165, 1.54) is 38.5 Å². The Hall–Kier alpha value is -3.56. The molecule has 8 fully saturated rings. The molecule has 8 saturated carbocycles. The summed E-state index contributed by atoms with van der Waals surface area (Å²) in [5.41, 5.74) is -0.267. The molecule has 22 unspecified atom stereocenters. The molecular weight excluding hydrogens is 1030 g/mol. The molecule has 0 saturated heterocycles. The zero-order chi connectivity index (χ0) is 59.2. The number of hydrogen-bond acceptors (Lipinski definition) is 12. The number of carbonyl (C=O) groups excluding carboxylic acids is 4. The van der Waals surface area contributed by atoms with Crippen LogP contribution in [0.5, 0.6) is 0 Å². The molecule has 0 aromatic heterocycles. The highest BCUT2D eigenvalue weighted by molar-refractivity contribution is 5.89. The first-order valence-corrected chi connectivity index (χ1v) is 32.9. The van der Waals surface area contributed by atoms with Crippen molar-refractivity contribution in [3.8, 4) is 24.7 Å². The average molecular weight is 1140 g/mol. The molecular formula is C68H106N6O8. The number of Topliss-reactive ketones (excluding diaryl/α,β-unsaturated/α-hetero) is 2. The van der Waals surface area contributed by atoms with Crippen molar-refractivity contribution < 1.29 is 39.6 Å². The number of terminal acetylenes is 2. The van der Waals surface area contributed by atoms with E-state index in [-0.39, 0.29) is 82.3 Å². The first kappa shape index (κ1) is 63.0. The van der Waals surface area contributed by atoms with Gasteiger partial charge >= 0.3 is 0 Å². The van der Waals surface area contributed by atoms with Gasteiger partial charge in [0.05, 0.1) is 36.5 Å². The summed E-state index contributed by atoms with van der Waals surface area (Å²) in [7, 11) is 0. The molecule has 0 radical (unpaired) electrons. The van der Waals surface area contributed by atoms with Gasteiger partial charge in [-0.25, -0.2) is 0 Å². The number of aliphatic hydroxyl groups is 4. The fraction of sp³-hybridized carbons (Fsp3) is 0.882. The van der Waals surface area contributed by atoms with E-state index in [1.54, 1.807) is 0 Å². The smallest absolute Gasteiger partial charge is 0.220 e. The number of rotatable bonds is 22. The Bertz CT molecular complexity index is 2450. The first-order chi connectivity index (χ1) is 38.8. The molecule has 456 valence electrons. The quantitative estimate of drug-likeness (QED) is 0.0571. The van der Waals surface area contributed by atoms with Crippen LogP contribution in [0.3, 0.4) is 0 Å². The zero-order valence-corrected chi connectivity index (χ0v) is 51.6. The highest BCUT2D eigenvalue weighted by Gasteiger charge is 2.65. The summed E-state index contributed by atoms with van der Waals surface area (Å²) >= 11 is 0. The number of ketones is 2. The van der Waals surface area contributed by atoms with Gasteiger partial charge in [0, 0.05) is 38.5 Å². The van der Waals surface area contributed by atoms with Crippen molar-refractivity contribution in [2.45, 2.75) is 283 Å². The molecule has 0 aromatic carbocycles. The molecule has 10 rings (SSSR count). The van der Waals surface area contributed by atoms with Crippen molar-refractivity contribution in [3.05, 3.63) is 0 Å². The number of hydrogen-bond donors (Lipinski definition) is 6. The Morgan fingerprint density at radius 2 is 1.00 bits per heavy atom. The summed E-state index contributed by atoms with van der Waals surface area (Å²) in [6.45, 7) is 18.2. The second kappa shape index (κ2) is 25.0. The average Bonchev–Trinajstić information content (AvgIpc) is 1.65. The summed E-state index contributed by atoms with van der Waals surface area (Å²) in [6, 6.07) is -1.08. The SMILES string of the molecule is C#CCCC(=O)C(CCC1(C)N=N1)NC(=O)CCC(C)C1CCC2C3C(O)CC4CC(O)CCC4(C)C3CCC12C.C#CCCC(=O)C(CCC1(C)N=N1)NC(=O)CCC(C)C1CCC2C3CCC4CC(O)CCC4(C)C3CC(O)C12C. The minimum absolute atomic E-state index is 0.00838. The monoisotopic (exact) mass is 1130 g/mol. The van der Waals surface area contributed by atoms with Crippen molar-refractivity contribution in [1.29, 1.82) is 0 Å². The number of aliphatic hydroxyl groups excluding tert-OH is 4. The third-order valence-corrected chi connectivity index (χ3v) is 25.7. The summed E-state index contributed by atoms with van der Waals surface area (Å²) in [5.74, 6) is 10.7. The van der Waals surface area contributed by atoms with Gasteiger partial charge in [0.2, 0.25) is 11.8 Å². The lowest BCUT2D eigenvalue weighted by molar-refractivity contribution is -0.175. The van der Waals surface area contributed by atoms with Crippen LogP contribution in [-0.4, -0.2) is 91.6 Å². The van der Waals surface area contributed by atoms with E-state index in [9.17, 15) is 39.6 Å². The summed E-state index contributed by atoms with van der Waals surface area (Å²) in [5, 5.41) is 66.2. The molecule has 14 nitrogen and oxygen atoms in total. The fourth-order valence-electron chi connectivity index (χ4n) is 20.6. The Morgan fingerprint density at radius 1 is 0.524 bits per heavy atom. The zero-order valence-electron chi connectivity index (χ0n) is 51.6. The maximum Gasteiger partial charge on any atom is 0.220 e. The van der Waals surface area contributed by atoms with Crippen LogP contribution in [0, 0.1) is 117 Å². The van der Waals surface area contributed by atoms with Crippen molar-refractivity contribution in [2.75, 3.05) is 0 Å². The lowest BCUT2D eigenvalue weighted by Crippen LogP contribution is -2.58. The molecule has 8 aliphatic carbocycles. The number of nitrogens with zero attached hydrogens (tertiary/aromatic N) is 4. The van der Waals surface area contributed by atoms with E-state index >= 15 is 0 Å². The maximum atomic E-state index is 13.1. The van der Waals surface area contributed by atoms with Crippen LogP contribution in [0.25, 0.3) is 0 Å². The van der Waals surface area contributed by atoms with E-state index in [0.29, 0.717) is 122 Å². The second-order valence-corrected chi connectivity index (χ2v) is 30.4. The van der Waals surface area contributed by atoms with Crippen molar-refractivity contribution >= 4 is 23.4 Å². The predicted molar refractivity (Wildman–Crippen MR) is 317 cm³/mol. The summed E-state index contributed by atoms with van der Waals surface area (Å²) in [4.78, 5) is 51.7. The number of carbonyl (C=O) groups is 4. The Labute approximate surface area is 492 Å². The third-order valence-electron chi connectivity index (χ3n) is 25.7. The van der Waals surface area contributed by atoms with Gasteiger partial charge in [-0.05, 0) is 248 Å². The van der Waals surface area contributed by atoms with Gasteiger partial charge in [-0.1, -0.05) is 41.5 Å². The molecule has 82 heavy (non-hydrogen) atoms. The lowest BCUT2D eigenvalue weighted by atomic mass is 9.43. The van der Waals surface area contributed by atoms with Gasteiger partial charge in [0.25, 0.3) is 0 Å². The second-order valence-electron chi connectivity index (χ2n) is 30.4. The predicted octanol–water partition coefficient (Wildman–Crippen LogP) is 11.6. The first-order valence-electron chi connectivity index (χ1n) is 32.9. The van der Waals surface area contributed by atoms with Crippen LogP contribution in [0.4, 0.5) is 0 Å². The van der Waals surface area contributed by atoms with E-state index < -0.39 is 23.4 Å². The van der Waals surface area contributed by atoms with Crippen LogP contribution >= 0.6 is 0 Å². The standard InChI is InChI=1S/2C34H53N3O4/c1-6-7-8-29(39)28(16-18-33(4)36-37-33)35-31(41)14-9-21(2)25-12-13-26-24-11-10-22-19-23(38)15-17-32(22,3)27(24)20-30(40)34(25,26)5;1-6-7-8-28(39)27(15-18-34(5)36-37-34)35-30(41)12-9-21(2)24-10-11-25-31-26(14-17-33(24,25)4)32(3)16-13-23(38)19-22(32)20-29(31)40/h1,21-28,30,38,40H,7-20H2,2-5H3,(H,35,41);1,21-27,29,31,38,40H,7-20H2,2-5H3,(H,35,41). The molecule has 22 atom stereocenters. The highest BCUT2D eigenvalue weighted by atomic mass is 16.3. The Morgan fingerprint density at radius 3 is 1.54 bits per heavy atom. The van der Waals surface area contributed by atoms with Gasteiger partial charge in [-0.2, -0.15) is 20.5 Å². The van der Waals surface area contributed by atoms with Gasteiger partial charge in [0.15, 0.2) is 22.9 Å². The van der Waals surface area contributed by atoms with Crippen LogP contribution in [-0.2, 0) is 19.2 Å². The van der Waals surface area contributed by atoms with Crippen LogP contribution in [0.1, 0.15) is 235 Å². The fourth-order valence-corrected chi connectivity index (χ4v) is 20.6. The van der Waals surface area contributed by atoms with E-state index in [1.807, 2.05) is 13.8 Å². The molecule has 6 N–H and O–H groups in total. The van der Waals surface area contributed by atoms with Crippen molar-refractivity contribution in [1.82, 2.24) is 10.6 Å². The van der Waals surface area contributed by atoms with E-state index in [2.05, 4.69) is 84.5 Å². The van der Waals surface area contributed by atoms with E-state index in [4.69, 9.17) is 12.8 Å². The normalized spacial score (nSPS) is 41.7. The van der Waals surface area contributed by atoms with Gasteiger partial charge in [-0.3, -0.25) is 19.2 Å². The van der Waals surface area contributed by atoms with Crippen LogP contribution in [0.2, 0.25) is 0 Å². The number of fused-ring (bicyclic) bond motifs is 10. The lowest BCUT2D eigenvalue weighted by Gasteiger charge is -2.62. The minimum Gasteiger partial charge on any atom is -0.393 e. The molecule has 0 bridgehead atoms. The summed E-state index contributed by atoms with van der Waals surface area (Å²) in [6.07, 6.45) is 32.7. The Balaban J connectivity index is 0.000000198. The minimum atomic E-state index is -0.545. The molecule has 10 aliphatic rings. The summed E-state index contributed by atoms with van der Waals surface area (Å²) < 4.78 is 0. The molecule has 0 aromatic rings. The molecule has 2 aliphatic heterocycles. The molecule has 2 heterocycles. The largest absolute Gasteiger partial charge is 0.393 e. The van der Waals surface area contributed by atoms with Crippen LogP contribution in [0.15, 0.2) is 20.5 Å². The van der Waals surface area contributed by atoms with Gasteiger partial charge in [-0.15, -0.1) is 24.7 Å². The van der Waals surface area contributed by atoms with Gasteiger partial charge in [0.1, 0.15) is 0 Å². The highest BCUT2D eigenvalue weighted by Crippen LogP contribution is 2.70. The van der Waals surface area contributed by atoms with Crippen molar-refractivity contribution in [2.24, 2.45) is 113 Å². The van der Waals surface area contributed by atoms with Crippen molar-refractivity contribution in [3.63, 3.8) is 0 Å². The topological polar surface area (TPSA) is 223 Å². The Kier molecular flexibility index (Phi) is 19.2.